The van der Waals surface area contributed by atoms with Gasteiger partial charge >= 0.3 is 0 Å². The number of methoxy groups -OCH3 is 1. The molecule has 0 unspecified atom stereocenters. The number of ether oxygens (including phenoxy) is 2. The molecule has 32 heavy (non-hydrogen) atoms. The Morgan fingerprint density at radius 2 is 1.56 bits per heavy atom. The highest BCUT2D eigenvalue weighted by Crippen LogP contribution is 2.46. The van der Waals surface area contributed by atoms with Crippen molar-refractivity contribution in [1.29, 1.82) is 0 Å². The lowest BCUT2D eigenvalue weighted by molar-refractivity contribution is 0.114. The molecule has 172 valence electrons. The Bertz CT molecular complexity index is 1150. The van der Waals surface area contributed by atoms with Crippen LogP contribution < -0.4 is 14.9 Å². The minimum absolute atomic E-state index is 0.0453. The van der Waals surface area contributed by atoms with Gasteiger partial charge in [-0.3, -0.25) is 4.79 Å². The van der Waals surface area contributed by atoms with Gasteiger partial charge in [-0.2, -0.15) is 0 Å². The molecule has 0 saturated carbocycles. The molecular formula is C27H34FNO3. The Morgan fingerprint density at radius 1 is 0.969 bits per heavy atom. The van der Waals surface area contributed by atoms with Crippen molar-refractivity contribution in [2.75, 3.05) is 13.7 Å². The highest BCUT2D eigenvalue weighted by atomic mass is 19.1. The maximum absolute atomic E-state index is 15.2. The lowest BCUT2D eigenvalue weighted by Crippen LogP contribution is -2.36. The number of hydrogen-bond donors (Lipinski definition) is 0. The number of halogens is 1. The average Bonchev–Trinajstić information content (AvgIpc) is 2.69. The van der Waals surface area contributed by atoms with Gasteiger partial charge in [-0.05, 0) is 47.6 Å². The first-order valence-corrected chi connectivity index (χ1v) is 11.0. The van der Waals surface area contributed by atoms with Crippen LogP contribution in [0.1, 0.15) is 54.5 Å². The molecular weight excluding hydrogens is 405 g/mol. The van der Waals surface area contributed by atoms with Gasteiger partial charge in [-0.15, -0.1) is 0 Å². The van der Waals surface area contributed by atoms with E-state index in [1.807, 2.05) is 25.3 Å². The van der Waals surface area contributed by atoms with Gasteiger partial charge in [0.2, 0.25) is 0 Å². The first-order valence-electron chi connectivity index (χ1n) is 11.0. The Kier molecular flexibility index (Phi) is 6.41. The molecule has 1 aromatic heterocycles. The molecule has 1 heterocycles. The summed E-state index contributed by atoms with van der Waals surface area (Å²) in [5, 5.41) is 0.0581. The largest absolute Gasteiger partial charge is 0.497 e. The lowest BCUT2D eigenvalue weighted by Gasteiger charge is -2.43. The van der Waals surface area contributed by atoms with Gasteiger partial charge in [0.25, 0.3) is 0 Å². The first-order chi connectivity index (χ1) is 14.9. The van der Waals surface area contributed by atoms with E-state index in [2.05, 4.69) is 46.1 Å². The quantitative estimate of drug-likeness (QED) is 0.436. The summed E-state index contributed by atoms with van der Waals surface area (Å²) >= 11 is 0. The summed E-state index contributed by atoms with van der Waals surface area (Å²) < 4.78 is 28.4. The fourth-order valence-corrected chi connectivity index (χ4v) is 5.00. The van der Waals surface area contributed by atoms with Gasteiger partial charge < -0.3 is 14.0 Å². The maximum atomic E-state index is 15.2. The molecule has 0 bridgehead atoms. The summed E-state index contributed by atoms with van der Waals surface area (Å²) in [5.41, 5.74) is 0.979. The molecule has 3 rings (SSSR count). The molecule has 0 fully saturated rings. The minimum atomic E-state index is -0.542. The van der Waals surface area contributed by atoms with Crippen molar-refractivity contribution in [3.8, 4) is 22.6 Å². The molecule has 0 atom stereocenters. The van der Waals surface area contributed by atoms with Crippen LogP contribution in [0.25, 0.3) is 22.0 Å². The topological polar surface area (TPSA) is 40.5 Å². The van der Waals surface area contributed by atoms with Gasteiger partial charge in [-0.1, -0.05) is 53.7 Å². The zero-order valence-corrected chi connectivity index (χ0v) is 20.4. The van der Waals surface area contributed by atoms with Crippen LogP contribution in [0.4, 0.5) is 4.39 Å². The number of aromatic nitrogens is 1. The van der Waals surface area contributed by atoms with Crippen LogP contribution in [0.15, 0.2) is 47.4 Å². The zero-order chi connectivity index (χ0) is 23.8. The van der Waals surface area contributed by atoms with Crippen LogP contribution in [0.3, 0.4) is 0 Å². The second kappa shape index (κ2) is 8.61. The molecule has 0 amide bonds. The van der Waals surface area contributed by atoms with E-state index in [-0.39, 0.29) is 27.7 Å². The van der Waals surface area contributed by atoms with Crippen molar-refractivity contribution < 1.29 is 13.9 Å². The van der Waals surface area contributed by atoms with E-state index in [1.54, 1.807) is 25.3 Å². The van der Waals surface area contributed by atoms with E-state index in [9.17, 15) is 4.79 Å². The molecule has 0 saturated heterocycles. The normalized spacial score (nSPS) is 12.4. The third-order valence-electron chi connectivity index (χ3n) is 5.71. The van der Waals surface area contributed by atoms with Crippen LogP contribution in [0.2, 0.25) is 0 Å². The van der Waals surface area contributed by atoms with E-state index in [4.69, 9.17) is 9.47 Å². The molecule has 0 radical (unpaired) electrons. The van der Waals surface area contributed by atoms with Gasteiger partial charge in [0, 0.05) is 17.8 Å². The van der Waals surface area contributed by atoms with Crippen molar-refractivity contribution >= 4 is 10.9 Å². The van der Waals surface area contributed by atoms with Crippen molar-refractivity contribution in [2.24, 2.45) is 10.8 Å². The summed E-state index contributed by atoms with van der Waals surface area (Å²) in [6.07, 6.45) is 1.87. The zero-order valence-electron chi connectivity index (χ0n) is 20.4. The molecule has 0 aliphatic carbocycles. The number of rotatable bonds is 5. The summed E-state index contributed by atoms with van der Waals surface area (Å²) in [6.45, 7) is 15.3. The van der Waals surface area contributed by atoms with Gasteiger partial charge in [0.1, 0.15) is 17.3 Å². The molecule has 2 aromatic carbocycles. The van der Waals surface area contributed by atoms with Crippen LogP contribution in [-0.2, 0) is 0 Å². The van der Waals surface area contributed by atoms with Crippen molar-refractivity contribution in [2.45, 2.75) is 54.5 Å². The number of hydrogen-bond acceptors (Lipinski definition) is 3. The van der Waals surface area contributed by atoms with Crippen LogP contribution in [0.5, 0.6) is 11.5 Å². The highest BCUT2D eigenvalue weighted by Gasteiger charge is 2.38. The second-order valence-corrected chi connectivity index (χ2v) is 10.3. The van der Waals surface area contributed by atoms with Gasteiger partial charge in [-0.25, -0.2) is 4.39 Å². The van der Waals surface area contributed by atoms with Crippen LogP contribution in [0, 0.1) is 16.6 Å². The Hall–Kier alpha value is -2.82. The Balaban J connectivity index is 2.50. The highest BCUT2D eigenvalue weighted by molar-refractivity contribution is 5.89. The number of fused-ring (bicyclic) bond motifs is 1. The third kappa shape index (κ3) is 4.38. The summed E-state index contributed by atoms with van der Waals surface area (Å²) in [4.78, 5) is 13.6. The Morgan fingerprint density at radius 3 is 2.06 bits per heavy atom. The molecule has 0 aliphatic heterocycles. The van der Waals surface area contributed by atoms with Crippen LogP contribution in [-0.4, -0.2) is 18.3 Å². The Labute approximate surface area is 190 Å². The van der Waals surface area contributed by atoms with E-state index >= 15 is 4.39 Å². The van der Waals surface area contributed by atoms with Crippen molar-refractivity contribution in [3.05, 3.63) is 58.6 Å². The van der Waals surface area contributed by atoms with E-state index in [0.717, 1.165) is 0 Å². The number of benzene rings is 2. The minimum Gasteiger partial charge on any atom is -0.497 e. The molecule has 3 aromatic rings. The lowest BCUT2D eigenvalue weighted by atomic mass is 9.71. The smallest absolute Gasteiger partial charge is 0.200 e. The second-order valence-electron chi connectivity index (χ2n) is 10.3. The van der Waals surface area contributed by atoms with Gasteiger partial charge in [0.15, 0.2) is 5.43 Å². The average molecular weight is 440 g/mol. The molecule has 0 spiro atoms. The van der Waals surface area contributed by atoms with Gasteiger partial charge in [0.05, 0.1) is 24.6 Å². The SMILES string of the molecule is CCOc1ccc(F)c2c(=O)c(-c3ccc(OC)cc3)cn(C(C(C)(C)C)C(C)(C)C)c12. The predicted molar refractivity (Wildman–Crippen MR) is 129 cm³/mol. The van der Waals surface area contributed by atoms with Crippen LogP contribution >= 0.6 is 0 Å². The summed E-state index contributed by atoms with van der Waals surface area (Å²) in [7, 11) is 1.60. The summed E-state index contributed by atoms with van der Waals surface area (Å²) in [5.74, 6) is 0.668. The van der Waals surface area contributed by atoms with E-state index in [1.165, 1.54) is 6.07 Å². The standard InChI is InChI=1S/C27H34FNO3/c1-9-32-21-15-14-20(28)22-23(21)29(25(26(2,3)4)27(5,6)7)16-19(24(22)30)17-10-12-18(31-8)13-11-17/h10-16,25H,9H2,1-8H3. The third-order valence-corrected chi connectivity index (χ3v) is 5.71. The number of pyridine rings is 1. The van der Waals surface area contributed by atoms with E-state index in [0.29, 0.717) is 34.7 Å². The monoisotopic (exact) mass is 439 g/mol. The maximum Gasteiger partial charge on any atom is 0.200 e. The molecule has 0 N–H and O–H groups in total. The molecule has 0 aliphatic rings. The molecule has 4 nitrogen and oxygen atoms in total. The van der Waals surface area contributed by atoms with Crippen molar-refractivity contribution in [1.82, 2.24) is 4.57 Å². The predicted octanol–water partition coefficient (Wildman–Crippen LogP) is 6.85. The van der Waals surface area contributed by atoms with Crippen molar-refractivity contribution in [3.63, 3.8) is 0 Å². The number of nitrogens with zero attached hydrogens (tertiary/aromatic N) is 1. The first kappa shape index (κ1) is 23.8. The molecule has 5 heteroatoms. The fraction of sp³-hybridized carbons (Fsp3) is 0.444. The van der Waals surface area contributed by atoms with E-state index < -0.39 is 5.82 Å². The fourth-order valence-electron chi connectivity index (χ4n) is 5.00. The summed E-state index contributed by atoms with van der Waals surface area (Å²) in [6, 6.07) is 10.2.